The van der Waals surface area contributed by atoms with Gasteiger partial charge in [0.15, 0.2) is 0 Å². The quantitative estimate of drug-likeness (QED) is 0.635. The van der Waals surface area contributed by atoms with Crippen LogP contribution in [0.15, 0.2) is 57.5 Å². The first-order valence-corrected chi connectivity index (χ1v) is 8.43. The number of rotatable bonds is 5. The fourth-order valence-corrected chi connectivity index (χ4v) is 2.26. The number of hydrogen-bond donors (Lipinski definition) is 0. The largest absolute Gasteiger partial charge is 0.458 e. The fourth-order valence-electron chi connectivity index (χ4n) is 1.73. The second kappa shape index (κ2) is 8.26. The van der Waals surface area contributed by atoms with Crippen molar-refractivity contribution in [3.63, 3.8) is 0 Å². The third-order valence-electron chi connectivity index (χ3n) is 2.92. The highest BCUT2D eigenvalue weighted by Gasteiger charge is 2.14. The van der Waals surface area contributed by atoms with Crippen molar-refractivity contribution in [2.45, 2.75) is 13.0 Å². The van der Waals surface area contributed by atoms with Crippen molar-refractivity contribution in [3.8, 4) is 0 Å². The Morgan fingerprint density at radius 2 is 1.30 bits per heavy atom. The summed E-state index contributed by atoms with van der Waals surface area (Å²) in [5.41, 5.74) is 0.888. The van der Waals surface area contributed by atoms with E-state index in [0.29, 0.717) is 11.1 Å². The molecule has 23 heavy (non-hydrogen) atoms. The molecule has 0 bridgehead atoms. The van der Waals surface area contributed by atoms with Gasteiger partial charge in [0.05, 0.1) is 11.1 Å². The van der Waals surface area contributed by atoms with Gasteiger partial charge in [0.1, 0.15) is 12.7 Å². The molecule has 1 atom stereocenters. The summed E-state index contributed by atoms with van der Waals surface area (Å²) in [5, 5.41) is 0. The molecule has 0 aromatic heterocycles. The Morgan fingerprint density at radius 1 is 0.870 bits per heavy atom. The number of benzene rings is 2. The van der Waals surface area contributed by atoms with Gasteiger partial charge in [0.2, 0.25) is 0 Å². The maximum Gasteiger partial charge on any atom is 0.338 e. The highest BCUT2D eigenvalue weighted by Crippen LogP contribution is 2.13. The number of ether oxygens (including phenoxy) is 2. The Balaban J connectivity index is 1.83. The van der Waals surface area contributed by atoms with Crippen LogP contribution in [0, 0.1) is 0 Å². The molecule has 0 amide bonds. The minimum Gasteiger partial charge on any atom is -0.458 e. The first-order chi connectivity index (χ1) is 11.0. The predicted molar refractivity (Wildman–Crippen MR) is 93.4 cm³/mol. The molecular formula is C17H14Br2O4. The van der Waals surface area contributed by atoms with Gasteiger partial charge in [-0.25, -0.2) is 9.59 Å². The van der Waals surface area contributed by atoms with Crippen molar-refractivity contribution in [1.82, 2.24) is 0 Å². The Kier molecular flexibility index (Phi) is 6.36. The summed E-state index contributed by atoms with van der Waals surface area (Å²) in [6.07, 6.45) is -0.537. The molecule has 0 N–H and O–H groups in total. The standard InChI is InChI=1S/C17H14Br2O4/c1-11(23-17(21)13-4-8-15(19)9-5-13)10-22-16(20)12-2-6-14(18)7-3-12/h2-9,11H,10H2,1H3/t11-/m0/s1. The van der Waals surface area contributed by atoms with Gasteiger partial charge < -0.3 is 9.47 Å². The predicted octanol–water partition coefficient (Wildman–Crippen LogP) is 4.61. The Bertz CT molecular complexity index is 681. The van der Waals surface area contributed by atoms with Crippen LogP contribution in [0.2, 0.25) is 0 Å². The molecule has 120 valence electrons. The third-order valence-corrected chi connectivity index (χ3v) is 3.97. The molecule has 0 aliphatic rings. The number of hydrogen-bond acceptors (Lipinski definition) is 4. The first kappa shape index (κ1) is 17.7. The monoisotopic (exact) mass is 440 g/mol. The van der Waals surface area contributed by atoms with Gasteiger partial charge in [-0.1, -0.05) is 31.9 Å². The zero-order valence-corrected chi connectivity index (χ0v) is 15.5. The molecule has 0 aliphatic heterocycles. The molecule has 2 aromatic carbocycles. The van der Waals surface area contributed by atoms with Gasteiger partial charge in [-0.3, -0.25) is 0 Å². The molecule has 0 saturated carbocycles. The third kappa shape index (κ3) is 5.48. The van der Waals surface area contributed by atoms with E-state index in [-0.39, 0.29) is 6.61 Å². The summed E-state index contributed by atoms with van der Waals surface area (Å²) < 4.78 is 12.1. The molecule has 0 saturated heterocycles. The smallest absolute Gasteiger partial charge is 0.338 e. The summed E-state index contributed by atoms with van der Waals surface area (Å²) in [6.45, 7) is 1.67. The Labute approximate surface area is 151 Å². The lowest BCUT2D eigenvalue weighted by atomic mass is 10.2. The van der Waals surface area contributed by atoms with E-state index in [0.717, 1.165) is 8.95 Å². The van der Waals surface area contributed by atoms with Gasteiger partial charge >= 0.3 is 11.9 Å². The van der Waals surface area contributed by atoms with E-state index >= 15 is 0 Å². The van der Waals surface area contributed by atoms with E-state index in [4.69, 9.17) is 9.47 Å². The summed E-state index contributed by atoms with van der Waals surface area (Å²) in [5.74, 6) is -0.909. The second-order valence-electron chi connectivity index (χ2n) is 4.83. The lowest BCUT2D eigenvalue weighted by Gasteiger charge is -2.13. The highest BCUT2D eigenvalue weighted by molar-refractivity contribution is 9.10. The van der Waals surface area contributed by atoms with Crippen LogP contribution in [0.25, 0.3) is 0 Å². The molecule has 0 unspecified atom stereocenters. The van der Waals surface area contributed by atoms with Crippen LogP contribution in [-0.2, 0) is 9.47 Å². The van der Waals surface area contributed by atoms with Crippen molar-refractivity contribution in [1.29, 1.82) is 0 Å². The van der Waals surface area contributed by atoms with Crippen molar-refractivity contribution >= 4 is 43.8 Å². The molecule has 0 radical (unpaired) electrons. The van der Waals surface area contributed by atoms with E-state index in [1.165, 1.54) is 0 Å². The molecule has 2 rings (SSSR count). The molecular weight excluding hydrogens is 428 g/mol. The van der Waals surface area contributed by atoms with Gasteiger partial charge in [-0.2, -0.15) is 0 Å². The van der Waals surface area contributed by atoms with Gasteiger partial charge in [0.25, 0.3) is 0 Å². The molecule has 2 aromatic rings. The number of carbonyl (C=O) groups is 2. The zero-order chi connectivity index (χ0) is 16.8. The van der Waals surface area contributed by atoms with E-state index in [1.54, 1.807) is 55.5 Å². The average Bonchev–Trinajstić information content (AvgIpc) is 2.54. The van der Waals surface area contributed by atoms with Crippen molar-refractivity contribution < 1.29 is 19.1 Å². The van der Waals surface area contributed by atoms with Gasteiger partial charge in [-0.05, 0) is 55.5 Å². The van der Waals surface area contributed by atoms with Gasteiger partial charge in [0, 0.05) is 8.95 Å². The zero-order valence-electron chi connectivity index (χ0n) is 12.3. The maximum absolute atomic E-state index is 11.9. The number of halogens is 2. The Morgan fingerprint density at radius 3 is 1.78 bits per heavy atom. The first-order valence-electron chi connectivity index (χ1n) is 6.85. The van der Waals surface area contributed by atoms with Crippen LogP contribution < -0.4 is 0 Å². The van der Waals surface area contributed by atoms with Gasteiger partial charge in [-0.15, -0.1) is 0 Å². The highest BCUT2D eigenvalue weighted by atomic mass is 79.9. The Hall–Kier alpha value is -1.66. The fraction of sp³-hybridized carbons (Fsp3) is 0.176. The lowest BCUT2D eigenvalue weighted by Crippen LogP contribution is -2.22. The summed E-state index contributed by atoms with van der Waals surface area (Å²) >= 11 is 6.60. The molecule has 6 heteroatoms. The summed E-state index contributed by atoms with van der Waals surface area (Å²) in [6, 6.07) is 13.7. The van der Waals surface area contributed by atoms with E-state index in [1.807, 2.05) is 0 Å². The summed E-state index contributed by atoms with van der Waals surface area (Å²) in [7, 11) is 0. The van der Waals surface area contributed by atoms with Crippen molar-refractivity contribution in [2.75, 3.05) is 6.61 Å². The molecule has 0 heterocycles. The van der Waals surface area contributed by atoms with Crippen molar-refractivity contribution in [2.24, 2.45) is 0 Å². The number of esters is 2. The number of carbonyl (C=O) groups excluding carboxylic acids is 2. The second-order valence-corrected chi connectivity index (χ2v) is 6.66. The maximum atomic E-state index is 11.9. The lowest BCUT2D eigenvalue weighted by molar-refractivity contribution is 0.00448. The van der Waals surface area contributed by atoms with Crippen LogP contribution in [-0.4, -0.2) is 24.6 Å². The molecule has 0 aliphatic carbocycles. The minimum atomic E-state index is -0.537. The van der Waals surface area contributed by atoms with Crippen LogP contribution in [0.3, 0.4) is 0 Å². The van der Waals surface area contributed by atoms with Crippen LogP contribution in [0.1, 0.15) is 27.6 Å². The molecule has 0 fully saturated rings. The van der Waals surface area contributed by atoms with E-state index < -0.39 is 18.0 Å². The normalized spacial score (nSPS) is 11.6. The van der Waals surface area contributed by atoms with Crippen LogP contribution >= 0.6 is 31.9 Å². The molecule has 4 nitrogen and oxygen atoms in total. The molecule has 0 spiro atoms. The minimum absolute atomic E-state index is 0.00281. The topological polar surface area (TPSA) is 52.6 Å². The SMILES string of the molecule is C[C@@H](COC(=O)c1ccc(Br)cc1)OC(=O)c1ccc(Br)cc1. The average molecular weight is 442 g/mol. The van der Waals surface area contributed by atoms with Crippen molar-refractivity contribution in [3.05, 3.63) is 68.6 Å². The summed E-state index contributed by atoms with van der Waals surface area (Å²) in [4.78, 5) is 23.8. The van der Waals surface area contributed by atoms with E-state index in [9.17, 15) is 9.59 Å². The van der Waals surface area contributed by atoms with Crippen LogP contribution in [0.4, 0.5) is 0 Å². The van der Waals surface area contributed by atoms with E-state index in [2.05, 4.69) is 31.9 Å². The van der Waals surface area contributed by atoms with Crippen LogP contribution in [0.5, 0.6) is 0 Å².